The van der Waals surface area contributed by atoms with Gasteiger partial charge in [0.2, 0.25) is 0 Å². The number of halogens is 1. The summed E-state index contributed by atoms with van der Waals surface area (Å²) >= 11 is 6.61. The van der Waals surface area contributed by atoms with Crippen LogP contribution in [-0.2, 0) is 0 Å². The van der Waals surface area contributed by atoms with Crippen LogP contribution in [0.2, 0.25) is 5.02 Å². The smallest absolute Gasteiger partial charge is 0.261 e. The van der Waals surface area contributed by atoms with Gasteiger partial charge in [0.25, 0.3) is 5.56 Å². The van der Waals surface area contributed by atoms with Crippen LogP contribution >= 0.6 is 11.6 Å². The van der Waals surface area contributed by atoms with Crippen LogP contribution in [0.4, 0.5) is 0 Å². The highest BCUT2D eigenvalue weighted by atomic mass is 35.5. The molecule has 1 heterocycles. The fraction of sp³-hybridized carbons (Fsp3) is 0.211. The summed E-state index contributed by atoms with van der Waals surface area (Å²) in [5, 5.41) is 3.97. The van der Waals surface area contributed by atoms with Crippen LogP contribution in [0, 0.1) is 6.92 Å². The molecule has 1 aliphatic rings. The number of allylic oxidation sites excluding steroid dienone is 2. The Morgan fingerprint density at radius 1 is 1.22 bits per heavy atom. The van der Waals surface area contributed by atoms with Crippen LogP contribution in [-0.4, -0.2) is 11.1 Å². The van der Waals surface area contributed by atoms with Gasteiger partial charge in [0.05, 0.1) is 11.1 Å². The lowest BCUT2D eigenvalue weighted by atomic mass is 10.0. The monoisotopic (exact) mass is 326 g/mol. The first-order chi connectivity index (χ1) is 11.1. The van der Waals surface area contributed by atoms with Crippen LogP contribution < -0.4 is 10.9 Å². The first kappa shape index (κ1) is 15.8. The number of nitrogens with one attached hydrogen (secondary N) is 1. The zero-order valence-corrected chi connectivity index (χ0v) is 14.0. The van der Waals surface area contributed by atoms with Crippen molar-refractivity contribution in [3.8, 4) is 5.69 Å². The average molecular weight is 327 g/mol. The van der Waals surface area contributed by atoms with Gasteiger partial charge in [-0.1, -0.05) is 61.0 Å². The van der Waals surface area contributed by atoms with E-state index in [2.05, 4.69) is 5.32 Å². The average Bonchev–Trinajstić information content (AvgIpc) is 2.77. The summed E-state index contributed by atoms with van der Waals surface area (Å²) in [7, 11) is 0. The minimum absolute atomic E-state index is 0.0322. The Hall–Kier alpha value is -2.10. The SMILES string of the molecule is CCNC1C=CC=Cc2c(Cl)c(C)n(-c3ccccc3)c(=O)c21. The molecule has 3 nitrogen and oxygen atoms in total. The van der Waals surface area contributed by atoms with Gasteiger partial charge >= 0.3 is 0 Å². The lowest BCUT2D eigenvalue weighted by molar-refractivity contribution is 0.636. The number of hydrogen-bond donors (Lipinski definition) is 1. The van der Waals surface area contributed by atoms with Gasteiger partial charge < -0.3 is 5.32 Å². The first-order valence-electron chi connectivity index (χ1n) is 7.73. The number of rotatable bonds is 3. The highest BCUT2D eigenvalue weighted by Gasteiger charge is 2.23. The summed E-state index contributed by atoms with van der Waals surface area (Å²) in [6.45, 7) is 4.67. The minimum Gasteiger partial charge on any atom is -0.307 e. The van der Waals surface area contributed by atoms with Crippen LogP contribution in [0.3, 0.4) is 0 Å². The number of para-hydroxylation sites is 1. The number of pyridine rings is 1. The summed E-state index contributed by atoms with van der Waals surface area (Å²) < 4.78 is 1.69. The Balaban J connectivity index is 2.34. The summed E-state index contributed by atoms with van der Waals surface area (Å²) in [6.07, 6.45) is 7.78. The lowest BCUT2D eigenvalue weighted by Crippen LogP contribution is -2.32. The summed E-state index contributed by atoms with van der Waals surface area (Å²) in [6, 6.07) is 9.46. The molecule has 0 aliphatic heterocycles. The molecule has 0 fully saturated rings. The van der Waals surface area contributed by atoms with E-state index < -0.39 is 0 Å². The van der Waals surface area contributed by atoms with Crippen molar-refractivity contribution >= 4 is 17.7 Å². The molecule has 0 saturated heterocycles. The van der Waals surface area contributed by atoms with Gasteiger partial charge in [0, 0.05) is 22.5 Å². The summed E-state index contributed by atoms with van der Waals surface area (Å²) in [5.41, 5.74) is 3.04. The first-order valence-corrected chi connectivity index (χ1v) is 8.11. The van der Waals surface area contributed by atoms with E-state index in [1.165, 1.54) is 0 Å². The Morgan fingerprint density at radius 3 is 2.65 bits per heavy atom. The molecule has 0 amide bonds. The molecule has 1 aromatic heterocycles. The van der Waals surface area contributed by atoms with Crippen LogP contribution in [0.15, 0.2) is 53.4 Å². The Labute approximate surface area is 140 Å². The van der Waals surface area contributed by atoms with E-state index >= 15 is 0 Å². The maximum Gasteiger partial charge on any atom is 0.261 e. The Bertz CT molecular complexity index is 835. The van der Waals surface area contributed by atoms with Crippen molar-refractivity contribution in [3.05, 3.63) is 80.8 Å². The standard InChI is InChI=1S/C19H19ClN2O/c1-3-21-16-12-8-7-11-15-17(16)19(23)22(13(2)18(15)20)14-9-5-4-6-10-14/h4-12,16,21H,3H2,1-2H3. The molecule has 3 rings (SSSR count). The quantitative estimate of drug-likeness (QED) is 0.924. The van der Waals surface area contributed by atoms with E-state index in [4.69, 9.17) is 11.6 Å². The fourth-order valence-corrected chi connectivity index (χ4v) is 3.21. The maximum atomic E-state index is 13.2. The third-order valence-corrected chi connectivity index (χ3v) is 4.52. The zero-order valence-electron chi connectivity index (χ0n) is 13.2. The van der Waals surface area contributed by atoms with Gasteiger partial charge in [-0.25, -0.2) is 0 Å². The van der Waals surface area contributed by atoms with Gasteiger partial charge in [-0.15, -0.1) is 0 Å². The number of nitrogens with zero attached hydrogens (tertiary/aromatic N) is 1. The molecule has 23 heavy (non-hydrogen) atoms. The predicted molar refractivity (Wildman–Crippen MR) is 96.4 cm³/mol. The van der Waals surface area contributed by atoms with Crippen molar-refractivity contribution in [3.63, 3.8) is 0 Å². The number of benzene rings is 1. The van der Waals surface area contributed by atoms with E-state index in [1.54, 1.807) is 4.57 Å². The molecule has 118 valence electrons. The second-order valence-electron chi connectivity index (χ2n) is 5.48. The molecule has 1 atom stereocenters. The van der Waals surface area contributed by atoms with Crippen molar-refractivity contribution < 1.29 is 0 Å². The highest BCUT2D eigenvalue weighted by molar-refractivity contribution is 6.32. The third kappa shape index (κ3) is 2.78. The molecule has 1 aromatic carbocycles. The fourth-order valence-electron chi connectivity index (χ4n) is 2.96. The molecule has 1 unspecified atom stereocenters. The second-order valence-corrected chi connectivity index (χ2v) is 5.86. The molecule has 1 N–H and O–H groups in total. The van der Waals surface area contributed by atoms with E-state index in [0.717, 1.165) is 23.5 Å². The number of hydrogen-bond acceptors (Lipinski definition) is 2. The van der Waals surface area contributed by atoms with Crippen LogP contribution in [0.25, 0.3) is 11.8 Å². The van der Waals surface area contributed by atoms with Crippen molar-refractivity contribution in [1.82, 2.24) is 9.88 Å². The summed E-state index contributed by atoms with van der Waals surface area (Å²) in [5.74, 6) is 0. The highest BCUT2D eigenvalue weighted by Crippen LogP contribution is 2.30. The third-order valence-electron chi connectivity index (χ3n) is 4.04. The Morgan fingerprint density at radius 2 is 1.96 bits per heavy atom. The topological polar surface area (TPSA) is 34.0 Å². The largest absolute Gasteiger partial charge is 0.307 e. The number of likely N-dealkylation sites (N-methyl/N-ethyl adjacent to an activating group) is 1. The number of fused-ring (bicyclic) bond motifs is 1. The minimum atomic E-state index is -0.148. The molecule has 0 spiro atoms. The molecular formula is C19H19ClN2O. The van der Waals surface area contributed by atoms with Crippen LogP contribution in [0.5, 0.6) is 0 Å². The molecule has 0 saturated carbocycles. The van der Waals surface area contributed by atoms with E-state index in [-0.39, 0.29) is 11.6 Å². The molecule has 4 heteroatoms. The second kappa shape index (κ2) is 6.57. The molecule has 1 aliphatic carbocycles. The van der Waals surface area contributed by atoms with Crippen molar-refractivity contribution in [2.24, 2.45) is 0 Å². The van der Waals surface area contributed by atoms with Crippen molar-refractivity contribution in [2.45, 2.75) is 19.9 Å². The van der Waals surface area contributed by atoms with Crippen molar-refractivity contribution in [1.29, 1.82) is 0 Å². The maximum absolute atomic E-state index is 13.2. The van der Waals surface area contributed by atoms with Crippen LogP contribution in [0.1, 0.15) is 29.8 Å². The van der Waals surface area contributed by atoms with Gasteiger partial charge in [-0.05, 0) is 25.6 Å². The van der Waals surface area contributed by atoms with Gasteiger partial charge in [0.15, 0.2) is 0 Å². The van der Waals surface area contributed by atoms with Gasteiger partial charge in [0.1, 0.15) is 0 Å². The predicted octanol–water partition coefficient (Wildman–Crippen LogP) is 4.03. The summed E-state index contributed by atoms with van der Waals surface area (Å²) in [4.78, 5) is 13.2. The Kier molecular flexibility index (Phi) is 4.51. The van der Waals surface area contributed by atoms with Gasteiger partial charge in [-0.3, -0.25) is 9.36 Å². The molecule has 0 radical (unpaired) electrons. The van der Waals surface area contributed by atoms with E-state index in [1.807, 2.05) is 68.5 Å². The van der Waals surface area contributed by atoms with Gasteiger partial charge in [-0.2, -0.15) is 0 Å². The lowest BCUT2D eigenvalue weighted by Gasteiger charge is -2.21. The molecular weight excluding hydrogens is 308 g/mol. The molecule has 2 aromatic rings. The molecule has 0 bridgehead atoms. The van der Waals surface area contributed by atoms with Crippen molar-refractivity contribution in [2.75, 3.05) is 6.54 Å². The number of aromatic nitrogens is 1. The van der Waals surface area contributed by atoms with E-state index in [0.29, 0.717) is 10.6 Å². The normalized spacial score (nSPS) is 16.2. The van der Waals surface area contributed by atoms with E-state index in [9.17, 15) is 4.79 Å². The zero-order chi connectivity index (χ0) is 16.4.